The van der Waals surface area contributed by atoms with Crippen molar-refractivity contribution in [2.24, 2.45) is 0 Å². The van der Waals surface area contributed by atoms with Gasteiger partial charge in [-0.1, -0.05) is 6.07 Å². The van der Waals surface area contributed by atoms with Crippen molar-refractivity contribution in [3.05, 3.63) is 47.5 Å². The van der Waals surface area contributed by atoms with Gasteiger partial charge in [-0.25, -0.2) is 0 Å². The second kappa shape index (κ2) is 4.29. The minimum atomic E-state index is -0.287. The Morgan fingerprint density at radius 3 is 1.83 bits per heavy atom. The molecule has 0 unspecified atom stereocenters. The van der Waals surface area contributed by atoms with E-state index >= 15 is 0 Å². The van der Waals surface area contributed by atoms with E-state index in [4.69, 9.17) is 22.9 Å². The first-order chi connectivity index (χ1) is 8.49. The first-order valence-electron chi connectivity index (χ1n) is 5.33. The van der Waals surface area contributed by atoms with Crippen LogP contribution in [0, 0.1) is 0 Å². The average molecular weight is 242 g/mol. The van der Waals surface area contributed by atoms with Gasteiger partial charge in [-0.2, -0.15) is 0 Å². The lowest BCUT2D eigenvalue weighted by atomic mass is 9.99. The molecule has 18 heavy (non-hydrogen) atoms. The Morgan fingerprint density at radius 2 is 1.33 bits per heavy atom. The molecule has 0 saturated heterocycles. The molecule has 0 saturated carbocycles. The molecule has 0 bridgehead atoms. The molecule has 0 aliphatic carbocycles. The van der Waals surface area contributed by atoms with Crippen LogP contribution in [0.15, 0.2) is 36.4 Å². The number of anilines is 4. The third-order valence-corrected chi connectivity index (χ3v) is 2.60. The zero-order valence-electron chi connectivity index (χ0n) is 9.68. The van der Waals surface area contributed by atoms with Crippen molar-refractivity contribution in [1.29, 1.82) is 0 Å². The van der Waals surface area contributed by atoms with Gasteiger partial charge in [0.2, 0.25) is 0 Å². The van der Waals surface area contributed by atoms with E-state index in [1.165, 1.54) is 0 Å². The van der Waals surface area contributed by atoms with Crippen LogP contribution in [0.3, 0.4) is 0 Å². The van der Waals surface area contributed by atoms with Gasteiger partial charge in [0.05, 0.1) is 5.56 Å². The van der Waals surface area contributed by atoms with Crippen LogP contribution in [-0.4, -0.2) is 5.78 Å². The summed E-state index contributed by atoms with van der Waals surface area (Å²) in [5.74, 6) is -0.287. The largest absolute Gasteiger partial charge is 0.399 e. The van der Waals surface area contributed by atoms with Gasteiger partial charge in [0.25, 0.3) is 0 Å². The number of carbonyl (C=O) groups excluding carboxylic acids is 1. The molecule has 0 aliphatic heterocycles. The SMILES string of the molecule is Nc1cc(N)cc(C(=O)c2c(N)cccc2N)c1. The van der Waals surface area contributed by atoms with E-state index in [0.717, 1.165) is 0 Å². The van der Waals surface area contributed by atoms with Gasteiger partial charge in [-0.3, -0.25) is 4.79 Å². The molecule has 2 aromatic carbocycles. The lowest BCUT2D eigenvalue weighted by Crippen LogP contribution is -2.09. The Hall–Kier alpha value is -2.69. The van der Waals surface area contributed by atoms with E-state index in [1.54, 1.807) is 36.4 Å². The van der Waals surface area contributed by atoms with Crippen LogP contribution < -0.4 is 22.9 Å². The molecule has 0 heterocycles. The molecule has 0 fully saturated rings. The van der Waals surface area contributed by atoms with Crippen molar-refractivity contribution in [2.45, 2.75) is 0 Å². The second-order valence-electron chi connectivity index (χ2n) is 4.03. The van der Waals surface area contributed by atoms with E-state index in [-0.39, 0.29) is 11.3 Å². The number of carbonyl (C=O) groups is 1. The maximum Gasteiger partial charge on any atom is 0.197 e. The minimum absolute atomic E-state index is 0.280. The predicted octanol–water partition coefficient (Wildman–Crippen LogP) is 1.25. The third-order valence-electron chi connectivity index (χ3n) is 2.60. The van der Waals surface area contributed by atoms with Gasteiger partial charge in [0.15, 0.2) is 5.78 Å². The summed E-state index contributed by atoms with van der Waals surface area (Å²) < 4.78 is 0. The van der Waals surface area contributed by atoms with Gasteiger partial charge in [-0.15, -0.1) is 0 Å². The van der Waals surface area contributed by atoms with E-state index in [2.05, 4.69) is 0 Å². The number of rotatable bonds is 2. The smallest absolute Gasteiger partial charge is 0.197 e. The highest BCUT2D eigenvalue weighted by Crippen LogP contribution is 2.24. The maximum atomic E-state index is 12.3. The summed E-state index contributed by atoms with van der Waals surface area (Å²) in [4.78, 5) is 12.3. The zero-order valence-corrected chi connectivity index (χ0v) is 9.68. The predicted molar refractivity (Wildman–Crippen MR) is 74.0 cm³/mol. The number of benzene rings is 2. The Kier molecular flexibility index (Phi) is 2.81. The molecule has 0 atom stereocenters. The van der Waals surface area contributed by atoms with Crippen molar-refractivity contribution < 1.29 is 4.79 Å². The van der Waals surface area contributed by atoms with E-state index in [1.807, 2.05) is 0 Å². The molecule has 5 heteroatoms. The molecule has 5 nitrogen and oxygen atoms in total. The Labute approximate surface area is 104 Å². The van der Waals surface area contributed by atoms with E-state index < -0.39 is 0 Å². The van der Waals surface area contributed by atoms with Crippen molar-refractivity contribution in [3.8, 4) is 0 Å². The molecule has 2 rings (SSSR count). The fourth-order valence-electron chi connectivity index (χ4n) is 1.80. The number of hydrogen-bond donors (Lipinski definition) is 4. The lowest BCUT2D eigenvalue weighted by molar-refractivity contribution is 0.104. The molecule has 92 valence electrons. The maximum absolute atomic E-state index is 12.3. The van der Waals surface area contributed by atoms with Gasteiger partial charge >= 0.3 is 0 Å². The Balaban J connectivity index is 2.55. The van der Waals surface area contributed by atoms with Crippen LogP contribution in [-0.2, 0) is 0 Å². The van der Waals surface area contributed by atoms with Gasteiger partial charge in [-0.05, 0) is 30.3 Å². The van der Waals surface area contributed by atoms with Gasteiger partial charge in [0.1, 0.15) is 0 Å². The average Bonchev–Trinajstić information content (AvgIpc) is 2.27. The summed E-state index contributed by atoms with van der Waals surface area (Å²) >= 11 is 0. The summed E-state index contributed by atoms with van der Waals surface area (Å²) in [6.45, 7) is 0. The molecule has 0 aliphatic rings. The molecule has 0 aromatic heterocycles. The monoisotopic (exact) mass is 242 g/mol. The summed E-state index contributed by atoms with van der Waals surface area (Å²) in [5, 5.41) is 0. The number of nitrogens with two attached hydrogens (primary N) is 4. The van der Waals surface area contributed by atoms with Crippen molar-refractivity contribution >= 4 is 28.5 Å². The number of nitrogen functional groups attached to an aromatic ring is 4. The fraction of sp³-hybridized carbons (Fsp3) is 0. The van der Waals surface area contributed by atoms with Crippen molar-refractivity contribution in [2.75, 3.05) is 22.9 Å². The molecule has 0 amide bonds. The molecule has 8 N–H and O–H groups in total. The summed E-state index contributed by atoms with van der Waals surface area (Å²) in [5.41, 5.74) is 25.0. The fourth-order valence-corrected chi connectivity index (χ4v) is 1.80. The summed E-state index contributed by atoms with van der Waals surface area (Å²) in [6, 6.07) is 9.61. The van der Waals surface area contributed by atoms with Crippen LogP contribution in [0.1, 0.15) is 15.9 Å². The Bertz CT molecular complexity index is 582. The molecular formula is C13H14N4O. The quantitative estimate of drug-likeness (QED) is 0.466. The molecule has 2 aromatic rings. The highest BCUT2D eigenvalue weighted by Gasteiger charge is 2.16. The number of ketones is 1. The normalized spacial score (nSPS) is 10.2. The Morgan fingerprint density at radius 1 is 0.833 bits per heavy atom. The van der Waals surface area contributed by atoms with Crippen LogP contribution in [0.25, 0.3) is 0 Å². The van der Waals surface area contributed by atoms with Crippen LogP contribution in [0.5, 0.6) is 0 Å². The third kappa shape index (κ3) is 2.06. The summed E-state index contributed by atoms with van der Waals surface area (Å²) in [6.07, 6.45) is 0. The van der Waals surface area contributed by atoms with E-state index in [0.29, 0.717) is 28.3 Å². The highest BCUT2D eigenvalue weighted by molar-refractivity contribution is 6.15. The number of hydrogen-bond acceptors (Lipinski definition) is 5. The standard InChI is InChI=1S/C13H14N4O/c14-8-4-7(5-9(15)6-8)13(18)12-10(16)2-1-3-11(12)17/h1-6H,14-17H2. The van der Waals surface area contributed by atoms with Gasteiger partial charge in [0, 0.05) is 28.3 Å². The molecule has 0 spiro atoms. The molecular weight excluding hydrogens is 228 g/mol. The first kappa shape index (κ1) is 11.8. The first-order valence-corrected chi connectivity index (χ1v) is 5.33. The topological polar surface area (TPSA) is 121 Å². The van der Waals surface area contributed by atoms with Crippen molar-refractivity contribution in [1.82, 2.24) is 0 Å². The van der Waals surface area contributed by atoms with Crippen LogP contribution >= 0.6 is 0 Å². The minimum Gasteiger partial charge on any atom is -0.399 e. The summed E-state index contributed by atoms with van der Waals surface area (Å²) in [7, 11) is 0. The van der Waals surface area contributed by atoms with Crippen LogP contribution in [0.2, 0.25) is 0 Å². The van der Waals surface area contributed by atoms with E-state index in [9.17, 15) is 4.79 Å². The highest BCUT2D eigenvalue weighted by atomic mass is 16.1. The molecule has 0 radical (unpaired) electrons. The van der Waals surface area contributed by atoms with Gasteiger partial charge < -0.3 is 22.9 Å². The second-order valence-corrected chi connectivity index (χ2v) is 4.03. The van der Waals surface area contributed by atoms with Crippen molar-refractivity contribution in [3.63, 3.8) is 0 Å². The van der Waals surface area contributed by atoms with Crippen LogP contribution in [0.4, 0.5) is 22.7 Å². The lowest BCUT2D eigenvalue weighted by Gasteiger charge is -2.09. The zero-order chi connectivity index (χ0) is 13.3.